The van der Waals surface area contributed by atoms with Crippen molar-refractivity contribution in [3.8, 4) is 0 Å². The molecule has 88 valence electrons. The topological polar surface area (TPSA) is 26.0 Å². The van der Waals surface area contributed by atoms with Gasteiger partial charge in [-0.05, 0) is 37.0 Å². The Morgan fingerprint density at radius 1 is 1.25 bits per heavy atom. The molecule has 0 saturated heterocycles. The maximum atomic E-state index is 13.5. The van der Waals surface area contributed by atoms with Gasteiger partial charge in [0.15, 0.2) is 0 Å². The summed E-state index contributed by atoms with van der Waals surface area (Å²) in [6, 6.07) is 4.97. The van der Waals surface area contributed by atoms with Gasteiger partial charge in [0.05, 0.1) is 0 Å². The first-order chi connectivity index (χ1) is 7.75. The smallest absolute Gasteiger partial charge is 0.138 e. The fourth-order valence-corrected chi connectivity index (χ4v) is 3.31. The van der Waals surface area contributed by atoms with Crippen LogP contribution in [0, 0.1) is 11.7 Å². The quantitative estimate of drug-likeness (QED) is 0.635. The molecule has 1 fully saturated rings. The SMILES string of the molecule is Nc1ccc(SCC2CCCCC2)c(F)c1. The molecule has 0 atom stereocenters. The van der Waals surface area contributed by atoms with Crippen molar-refractivity contribution in [3.05, 3.63) is 24.0 Å². The second-order valence-electron chi connectivity index (χ2n) is 4.50. The number of hydrogen-bond donors (Lipinski definition) is 1. The first kappa shape index (κ1) is 11.8. The predicted molar refractivity (Wildman–Crippen MR) is 68.1 cm³/mol. The van der Waals surface area contributed by atoms with Crippen LogP contribution in [0.25, 0.3) is 0 Å². The minimum Gasteiger partial charge on any atom is -0.399 e. The molecule has 0 amide bonds. The highest BCUT2D eigenvalue weighted by atomic mass is 32.2. The molecule has 1 aliphatic rings. The molecule has 16 heavy (non-hydrogen) atoms. The maximum Gasteiger partial charge on any atom is 0.138 e. The molecule has 0 unspecified atom stereocenters. The van der Waals surface area contributed by atoms with Crippen LogP contribution in [0.4, 0.5) is 10.1 Å². The van der Waals surface area contributed by atoms with E-state index < -0.39 is 0 Å². The van der Waals surface area contributed by atoms with Crippen molar-refractivity contribution in [2.45, 2.75) is 37.0 Å². The van der Waals surface area contributed by atoms with E-state index in [9.17, 15) is 4.39 Å². The molecule has 1 nitrogen and oxygen atoms in total. The lowest BCUT2D eigenvalue weighted by Gasteiger charge is -2.21. The minimum atomic E-state index is -0.180. The van der Waals surface area contributed by atoms with Crippen LogP contribution in [0.2, 0.25) is 0 Å². The van der Waals surface area contributed by atoms with Crippen molar-refractivity contribution in [2.24, 2.45) is 5.92 Å². The van der Waals surface area contributed by atoms with E-state index in [1.807, 2.05) is 0 Å². The zero-order valence-corrected chi connectivity index (χ0v) is 10.2. The predicted octanol–water partition coefficient (Wildman–Crippen LogP) is 4.08. The normalized spacial score (nSPS) is 17.6. The zero-order valence-electron chi connectivity index (χ0n) is 9.42. The Morgan fingerprint density at radius 2 is 2.00 bits per heavy atom. The molecule has 1 aromatic rings. The molecule has 3 heteroatoms. The summed E-state index contributed by atoms with van der Waals surface area (Å²) >= 11 is 1.63. The number of halogens is 1. The van der Waals surface area contributed by atoms with E-state index in [4.69, 9.17) is 5.73 Å². The highest BCUT2D eigenvalue weighted by Gasteiger charge is 2.14. The molecule has 2 rings (SSSR count). The Hall–Kier alpha value is -0.700. The number of nitrogen functional groups attached to an aromatic ring is 1. The Labute approximate surface area is 101 Å². The molecule has 1 aliphatic carbocycles. The van der Waals surface area contributed by atoms with Crippen LogP contribution in [0.3, 0.4) is 0 Å². The molecule has 1 saturated carbocycles. The standard InChI is InChI=1S/C13H18FNS/c14-12-8-11(15)6-7-13(12)16-9-10-4-2-1-3-5-10/h6-8,10H,1-5,9,15H2. The van der Waals surface area contributed by atoms with E-state index in [2.05, 4.69) is 0 Å². The van der Waals surface area contributed by atoms with Gasteiger partial charge < -0.3 is 5.73 Å². The third-order valence-corrected chi connectivity index (χ3v) is 4.44. The highest BCUT2D eigenvalue weighted by molar-refractivity contribution is 7.99. The lowest BCUT2D eigenvalue weighted by Crippen LogP contribution is -2.08. The van der Waals surface area contributed by atoms with Crippen LogP contribution >= 0.6 is 11.8 Å². The van der Waals surface area contributed by atoms with Crippen LogP contribution in [0.1, 0.15) is 32.1 Å². The largest absolute Gasteiger partial charge is 0.399 e. The summed E-state index contributed by atoms with van der Waals surface area (Å²) in [5.74, 6) is 1.64. The number of rotatable bonds is 3. The van der Waals surface area contributed by atoms with Crippen LogP contribution < -0.4 is 5.73 Å². The summed E-state index contributed by atoms with van der Waals surface area (Å²) < 4.78 is 13.5. The molecule has 0 spiro atoms. The van der Waals surface area contributed by atoms with Crippen LogP contribution in [-0.4, -0.2) is 5.75 Å². The van der Waals surface area contributed by atoms with Gasteiger partial charge in [-0.25, -0.2) is 4.39 Å². The van der Waals surface area contributed by atoms with Gasteiger partial charge in [0.25, 0.3) is 0 Å². The van der Waals surface area contributed by atoms with Crippen LogP contribution in [0.15, 0.2) is 23.1 Å². The summed E-state index contributed by atoms with van der Waals surface area (Å²) in [6.07, 6.45) is 6.68. The Morgan fingerprint density at radius 3 is 2.69 bits per heavy atom. The first-order valence-corrected chi connectivity index (χ1v) is 6.92. The molecule has 1 aromatic carbocycles. The average Bonchev–Trinajstić information content (AvgIpc) is 2.29. The first-order valence-electron chi connectivity index (χ1n) is 5.93. The average molecular weight is 239 g/mol. The summed E-state index contributed by atoms with van der Waals surface area (Å²) in [5.41, 5.74) is 6.02. The van der Waals surface area contributed by atoms with Crippen molar-refractivity contribution in [1.82, 2.24) is 0 Å². The van der Waals surface area contributed by atoms with Crippen molar-refractivity contribution >= 4 is 17.4 Å². The van der Waals surface area contributed by atoms with Gasteiger partial charge in [-0.3, -0.25) is 0 Å². The number of nitrogens with two attached hydrogens (primary N) is 1. The fourth-order valence-electron chi connectivity index (χ4n) is 2.20. The van der Waals surface area contributed by atoms with E-state index in [1.54, 1.807) is 23.9 Å². The summed E-state index contributed by atoms with van der Waals surface area (Å²) in [6.45, 7) is 0. The number of hydrogen-bond acceptors (Lipinski definition) is 2. The zero-order chi connectivity index (χ0) is 11.4. The maximum absolute atomic E-state index is 13.5. The van der Waals surface area contributed by atoms with Crippen LogP contribution in [0.5, 0.6) is 0 Å². The Balaban J connectivity index is 1.88. The van der Waals surface area contributed by atoms with Gasteiger partial charge in [0, 0.05) is 16.3 Å². The third kappa shape index (κ3) is 3.14. The lowest BCUT2D eigenvalue weighted by molar-refractivity contribution is 0.391. The molecule has 0 aliphatic heterocycles. The summed E-state index contributed by atoms with van der Waals surface area (Å²) in [7, 11) is 0. The third-order valence-electron chi connectivity index (χ3n) is 3.16. The molecular weight excluding hydrogens is 221 g/mol. The van der Waals surface area contributed by atoms with Gasteiger partial charge in [0.1, 0.15) is 5.82 Å². The second kappa shape index (κ2) is 5.58. The van der Waals surface area contributed by atoms with E-state index in [0.29, 0.717) is 5.69 Å². The van der Waals surface area contributed by atoms with Crippen molar-refractivity contribution < 1.29 is 4.39 Å². The molecular formula is C13H18FNS. The number of thioether (sulfide) groups is 1. The number of anilines is 1. The highest BCUT2D eigenvalue weighted by Crippen LogP contribution is 2.31. The lowest BCUT2D eigenvalue weighted by atomic mass is 9.91. The minimum absolute atomic E-state index is 0.180. The van der Waals surface area contributed by atoms with Gasteiger partial charge in [-0.2, -0.15) is 0 Å². The molecule has 0 bridgehead atoms. The monoisotopic (exact) mass is 239 g/mol. The van der Waals surface area contributed by atoms with Gasteiger partial charge in [-0.1, -0.05) is 19.3 Å². The Bertz CT molecular complexity index is 348. The molecule has 0 aromatic heterocycles. The molecule has 2 N–H and O–H groups in total. The van der Waals surface area contributed by atoms with E-state index in [-0.39, 0.29) is 5.82 Å². The van der Waals surface area contributed by atoms with Gasteiger partial charge in [-0.15, -0.1) is 11.8 Å². The Kier molecular flexibility index (Phi) is 4.10. The fraction of sp³-hybridized carbons (Fsp3) is 0.538. The molecule has 0 radical (unpaired) electrons. The van der Waals surface area contributed by atoms with E-state index in [1.165, 1.54) is 38.2 Å². The molecule has 0 heterocycles. The van der Waals surface area contributed by atoms with Gasteiger partial charge >= 0.3 is 0 Å². The summed E-state index contributed by atoms with van der Waals surface area (Å²) in [5, 5.41) is 0. The van der Waals surface area contributed by atoms with E-state index in [0.717, 1.165) is 16.6 Å². The van der Waals surface area contributed by atoms with Crippen LogP contribution in [-0.2, 0) is 0 Å². The van der Waals surface area contributed by atoms with Crippen molar-refractivity contribution in [2.75, 3.05) is 11.5 Å². The van der Waals surface area contributed by atoms with Crippen molar-refractivity contribution in [1.29, 1.82) is 0 Å². The van der Waals surface area contributed by atoms with Crippen molar-refractivity contribution in [3.63, 3.8) is 0 Å². The summed E-state index contributed by atoms with van der Waals surface area (Å²) in [4.78, 5) is 0.736. The van der Waals surface area contributed by atoms with E-state index >= 15 is 0 Å². The number of benzene rings is 1. The van der Waals surface area contributed by atoms with Gasteiger partial charge in [0.2, 0.25) is 0 Å². The second-order valence-corrected chi connectivity index (χ2v) is 5.57.